The molecule has 1 heterocycles. The van der Waals surface area contributed by atoms with Gasteiger partial charge in [0.2, 0.25) is 5.90 Å². The zero-order valence-corrected chi connectivity index (χ0v) is 8.77. The van der Waals surface area contributed by atoms with Gasteiger partial charge in [0.05, 0.1) is 0 Å². The van der Waals surface area contributed by atoms with Crippen molar-refractivity contribution in [3.05, 3.63) is 23.3 Å². The van der Waals surface area contributed by atoms with Gasteiger partial charge in [0.1, 0.15) is 17.2 Å². The Kier molecular flexibility index (Phi) is 2.48. The largest absolute Gasteiger partial charge is 0.466 e. The fourth-order valence-corrected chi connectivity index (χ4v) is 1.67. The summed E-state index contributed by atoms with van der Waals surface area (Å²) in [6.07, 6.45) is 0.645. The third-order valence-corrected chi connectivity index (χ3v) is 2.47. The summed E-state index contributed by atoms with van der Waals surface area (Å²) >= 11 is 0. The molecule has 0 fully saturated rings. The van der Waals surface area contributed by atoms with Gasteiger partial charge in [0.15, 0.2) is 0 Å². The Bertz CT molecular complexity index is 373. The second kappa shape index (κ2) is 3.30. The third kappa shape index (κ3) is 1.56. The summed E-state index contributed by atoms with van der Waals surface area (Å²) in [7, 11) is 0. The van der Waals surface area contributed by atoms with Gasteiger partial charge in [-0.25, -0.2) is 0 Å². The van der Waals surface area contributed by atoms with Gasteiger partial charge in [-0.1, -0.05) is 12.2 Å². The summed E-state index contributed by atoms with van der Waals surface area (Å²) in [4.78, 5) is 0. The highest BCUT2D eigenvalue weighted by Crippen LogP contribution is 2.36. The van der Waals surface area contributed by atoms with Crippen LogP contribution in [0.4, 0.5) is 0 Å². The van der Waals surface area contributed by atoms with E-state index in [1.54, 1.807) is 0 Å². The molecule has 3 nitrogen and oxygen atoms in total. The SMILES string of the molecule is C=C(C)CC1(C)OC(=N)C(C#N)=C1C. The topological polar surface area (TPSA) is 56.9 Å². The molecule has 0 spiro atoms. The maximum Gasteiger partial charge on any atom is 0.225 e. The van der Waals surface area contributed by atoms with E-state index in [9.17, 15) is 0 Å². The van der Waals surface area contributed by atoms with Crippen LogP contribution in [0.1, 0.15) is 27.2 Å². The fraction of sp³-hybridized carbons (Fsp3) is 0.455. The quantitative estimate of drug-likeness (QED) is 0.680. The van der Waals surface area contributed by atoms with Gasteiger partial charge in [-0.15, -0.1) is 0 Å². The first-order chi connectivity index (χ1) is 6.40. The number of ether oxygens (including phenoxy) is 1. The second-order valence-corrected chi connectivity index (χ2v) is 3.91. The van der Waals surface area contributed by atoms with Crippen LogP contribution in [0.15, 0.2) is 23.3 Å². The Labute approximate surface area is 84.2 Å². The van der Waals surface area contributed by atoms with E-state index in [1.165, 1.54) is 0 Å². The van der Waals surface area contributed by atoms with Gasteiger partial charge >= 0.3 is 0 Å². The van der Waals surface area contributed by atoms with Crippen LogP contribution in [0.2, 0.25) is 0 Å². The average molecular weight is 190 g/mol. The molecule has 1 rings (SSSR count). The molecular weight excluding hydrogens is 176 g/mol. The van der Waals surface area contributed by atoms with Crippen LogP contribution in [0.25, 0.3) is 0 Å². The molecule has 0 radical (unpaired) electrons. The van der Waals surface area contributed by atoms with Crippen LogP contribution in [0.3, 0.4) is 0 Å². The van der Waals surface area contributed by atoms with Crippen molar-refractivity contribution in [2.24, 2.45) is 0 Å². The Hall–Kier alpha value is -1.56. The smallest absolute Gasteiger partial charge is 0.225 e. The van der Waals surface area contributed by atoms with Crippen LogP contribution in [0.5, 0.6) is 0 Å². The highest BCUT2D eigenvalue weighted by molar-refractivity contribution is 5.99. The monoisotopic (exact) mass is 190 g/mol. The van der Waals surface area contributed by atoms with E-state index in [0.29, 0.717) is 12.0 Å². The first-order valence-corrected chi connectivity index (χ1v) is 4.44. The summed E-state index contributed by atoms with van der Waals surface area (Å²) in [5.41, 5.74) is 1.62. The highest BCUT2D eigenvalue weighted by atomic mass is 16.5. The van der Waals surface area contributed by atoms with Crippen molar-refractivity contribution in [1.82, 2.24) is 0 Å². The van der Waals surface area contributed by atoms with Crippen molar-refractivity contribution >= 4 is 5.90 Å². The van der Waals surface area contributed by atoms with Crippen molar-refractivity contribution in [2.75, 3.05) is 0 Å². The molecule has 3 heteroatoms. The van der Waals surface area contributed by atoms with Crippen molar-refractivity contribution in [3.8, 4) is 6.07 Å². The van der Waals surface area contributed by atoms with E-state index in [-0.39, 0.29) is 5.90 Å². The minimum Gasteiger partial charge on any atom is -0.466 e. The predicted molar refractivity (Wildman–Crippen MR) is 55.0 cm³/mol. The minimum atomic E-state index is -0.548. The van der Waals surface area contributed by atoms with E-state index < -0.39 is 5.60 Å². The molecule has 0 saturated heterocycles. The molecule has 0 amide bonds. The molecule has 1 aliphatic heterocycles. The molecule has 0 aliphatic carbocycles. The number of rotatable bonds is 2. The molecular formula is C11H14N2O. The second-order valence-electron chi connectivity index (χ2n) is 3.91. The fourth-order valence-electron chi connectivity index (χ4n) is 1.67. The van der Waals surface area contributed by atoms with Gasteiger partial charge in [-0.05, 0) is 26.3 Å². The van der Waals surface area contributed by atoms with Gasteiger partial charge in [0.25, 0.3) is 0 Å². The van der Waals surface area contributed by atoms with E-state index in [2.05, 4.69) is 6.58 Å². The van der Waals surface area contributed by atoms with Gasteiger partial charge in [0, 0.05) is 6.42 Å². The molecule has 0 saturated carbocycles. The molecule has 0 aromatic carbocycles. The van der Waals surface area contributed by atoms with E-state index >= 15 is 0 Å². The molecule has 1 unspecified atom stereocenters. The zero-order valence-electron chi connectivity index (χ0n) is 8.77. The Balaban J connectivity index is 3.08. The van der Waals surface area contributed by atoms with Crippen molar-refractivity contribution < 1.29 is 4.74 Å². The maximum atomic E-state index is 8.82. The highest BCUT2D eigenvalue weighted by Gasteiger charge is 2.39. The molecule has 74 valence electrons. The van der Waals surface area contributed by atoms with Crippen molar-refractivity contribution in [3.63, 3.8) is 0 Å². The summed E-state index contributed by atoms with van der Waals surface area (Å²) in [6.45, 7) is 9.45. The van der Waals surface area contributed by atoms with Crippen molar-refractivity contribution in [2.45, 2.75) is 32.8 Å². The van der Waals surface area contributed by atoms with Crippen LogP contribution in [-0.4, -0.2) is 11.5 Å². The summed E-state index contributed by atoms with van der Waals surface area (Å²) in [5.74, 6) is -0.0197. The van der Waals surface area contributed by atoms with Gasteiger partial charge in [-0.2, -0.15) is 5.26 Å². The first-order valence-electron chi connectivity index (χ1n) is 4.44. The number of nitriles is 1. The Morgan fingerprint density at radius 2 is 2.29 bits per heavy atom. The van der Waals surface area contributed by atoms with Crippen LogP contribution in [-0.2, 0) is 4.74 Å². The number of hydrogen-bond acceptors (Lipinski definition) is 3. The summed E-state index contributed by atoms with van der Waals surface area (Å²) in [6, 6.07) is 1.99. The summed E-state index contributed by atoms with van der Waals surface area (Å²) in [5, 5.41) is 16.3. The molecule has 0 bridgehead atoms. The average Bonchev–Trinajstić information content (AvgIpc) is 2.21. The molecule has 1 atom stereocenters. The van der Waals surface area contributed by atoms with E-state index in [1.807, 2.05) is 26.8 Å². The molecule has 0 aromatic rings. The number of nitrogens with one attached hydrogen (secondary N) is 1. The normalized spacial score (nSPS) is 26.0. The number of hydrogen-bond donors (Lipinski definition) is 1. The lowest BCUT2D eigenvalue weighted by Crippen LogP contribution is -2.27. The molecule has 14 heavy (non-hydrogen) atoms. The minimum absolute atomic E-state index is 0.0197. The third-order valence-electron chi connectivity index (χ3n) is 2.47. The number of nitrogens with zero attached hydrogens (tertiary/aromatic N) is 1. The predicted octanol–water partition coefficient (Wildman–Crippen LogP) is 2.56. The Morgan fingerprint density at radius 3 is 2.64 bits per heavy atom. The van der Waals surface area contributed by atoms with Crippen molar-refractivity contribution in [1.29, 1.82) is 10.7 Å². The van der Waals surface area contributed by atoms with E-state index in [0.717, 1.165) is 11.1 Å². The lowest BCUT2D eigenvalue weighted by Gasteiger charge is -2.25. The standard InChI is InChI=1S/C11H14N2O/c1-7(2)5-11(4)8(3)9(6-12)10(13)14-11/h13H,1,5H2,2-4H3. The zero-order chi connectivity index (χ0) is 10.9. The molecule has 1 aliphatic rings. The van der Waals surface area contributed by atoms with Gasteiger partial charge < -0.3 is 4.74 Å². The van der Waals surface area contributed by atoms with Crippen LogP contribution in [0, 0.1) is 16.7 Å². The van der Waals surface area contributed by atoms with Crippen LogP contribution < -0.4 is 0 Å². The maximum absolute atomic E-state index is 8.82. The van der Waals surface area contributed by atoms with Gasteiger partial charge in [-0.3, -0.25) is 5.41 Å². The summed E-state index contributed by atoms with van der Waals surface area (Å²) < 4.78 is 5.40. The molecule has 1 N–H and O–H groups in total. The molecule has 0 aromatic heterocycles. The lowest BCUT2D eigenvalue weighted by molar-refractivity contribution is 0.127. The first kappa shape index (κ1) is 10.5. The van der Waals surface area contributed by atoms with Crippen LogP contribution >= 0.6 is 0 Å². The van der Waals surface area contributed by atoms with E-state index in [4.69, 9.17) is 15.4 Å². The Morgan fingerprint density at radius 1 is 1.71 bits per heavy atom. The lowest BCUT2D eigenvalue weighted by atomic mass is 9.89.